The van der Waals surface area contributed by atoms with Crippen LogP contribution < -0.4 is 5.32 Å². The molecule has 1 aliphatic rings. The SMILES string of the molecule is CCCCCCCC(NCCC)C1CCCc2sccc21. The summed E-state index contributed by atoms with van der Waals surface area (Å²) in [4.78, 5) is 1.67. The van der Waals surface area contributed by atoms with Crippen LogP contribution in [0.2, 0.25) is 0 Å². The monoisotopic (exact) mass is 307 g/mol. The van der Waals surface area contributed by atoms with Gasteiger partial charge in [-0.25, -0.2) is 0 Å². The van der Waals surface area contributed by atoms with Crippen LogP contribution in [0.3, 0.4) is 0 Å². The van der Waals surface area contributed by atoms with Gasteiger partial charge in [0, 0.05) is 16.8 Å². The highest BCUT2D eigenvalue weighted by molar-refractivity contribution is 7.10. The van der Waals surface area contributed by atoms with Gasteiger partial charge in [-0.3, -0.25) is 0 Å². The normalized spacial score (nSPS) is 19.4. The minimum atomic E-state index is 0.709. The molecule has 1 heterocycles. The zero-order chi connectivity index (χ0) is 14.9. The van der Waals surface area contributed by atoms with Crippen LogP contribution in [0, 0.1) is 0 Å². The van der Waals surface area contributed by atoms with Gasteiger partial charge < -0.3 is 5.32 Å². The first-order valence-electron chi connectivity index (χ1n) is 9.16. The third-order valence-electron chi connectivity index (χ3n) is 4.86. The fourth-order valence-electron chi connectivity index (χ4n) is 3.68. The van der Waals surface area contributed by atoms with Crippen LogP contribution in [0.25, 0.3) is 0 Å². The molecule has 0 aromatic carbocycles. The maximum absolute atomic E-state index is 3.87. The molecule has 1 aromatic rings. The summed E-state index contributed by atoms with van der Waals surface area (Å²) in [5.74, 6) is 0.776. The van der Waals surface area contributed by atoms with E-state index in [1.165, 1.54) is 70.8 Å². The number of hydrogen-bond donors (Lipinski definition) is 1. The Morgan fingerprint density at radius 1 is 1.19 bits per heavy atom. The number of fused-ring (bicyclic) bond motifs is 1. The Bertz CT molecular complexity index is 385. The van der Waals surface area contributed by atoms with E-state index in [9.17, 15) is 0 Å². The summed E-state index contributed by atoms with van der Waals surface area (Å²) in [6.07, 6.45) is 13.7. The van der Waals surface area contributed by atoms with Crippen LogP contribution in [-0.2, 0) is 6.42 Å². The minimum Gasteiger partial charge on any atom is -0.313 e. The molecule has 1 aliphatic carbocycles. The van der Waals surface area contributed by atoms with E-state index in [4.69, 9.17) is 0 Å². The van der Waals surface area contributed by atoms with Gasteiger partial charge in [0.05, 0.1) is 0 Å². The van der Waals surface area contributed by atoms with Gasteiger partial charge in [0.25, 0.3) is 0 Å². The summed E-state index contributed by atoms with van der Waals surface area (Å²) in [6, 6.07) is 3.11. The van der Waals surface area contributed by atoms with Crippen molar-refractivity contribution in [1.29, 1.82) is 0 Å². The standard InChI is InChI=1S/C19H33NS/c1-3-5-6-7-8-11-18(20-14-4-2)16-10-9-12-19-17(16)13-15-21-19/h13,15-16,18,20H,3-12,14H2,1-2H3. The van der Waals surface area contributed by atoms with Crippen LogP contribution in [0.4, 0.5) is 0 Å². The van der Waals surface area contributed by atoms with Crippen molar-refractivity contribution in [3.05, 3.63) is 21.9 Å². The first-order chi connectivity index (χ1) is 10.4. The lowest BCUT2D eigenvalue weighted by atomic mass is 9.80. The van der Waals surface area contributed by atoms with Gasteiger partial charge in [-0.2, -0.15) is 0 Å². The highest BCUT2D eigenvalue weighted by atomic mass is 32.1. The first-order valence-corrected chi connectivity index (χ1v) is 10.0. The van der Waals surface area contributed by atoms with E-state index in [2.05, 4.69) is 30.6 Å². The Morgan fingerprint density at radius 3 is 2.86 bits per heavy atom. The summed E-state index contributed by atoms with van der Waals surface area (Å²) < 4.78 is 0. The molecule has 1 aromatic heterocycles. The van der Waals surface area contributed by atoms with Gasteiger partial charge in [-0.05, 0) is 55.7 Å². The smallest absolute Gasteiger partial charge is 0.0136 e. The van der Waals surface area contributed by atoms with E-state index >= 15 is 0 Å². The van der Waals surface area contributed by atoms with Gasteiger partial charge in [0.1, 0.15) is 0 Å². The van der Waals surface area contributed by atoms with Crippen molar-refractivity contribution >= 4 is 11.3 Å². The predicted molar refractivity (Wildman–Crippen MR) is 95.5 cm³/mol. The highest BCUT2D eigenvalue weighted by Crippen LogP contribution is 2.38. The largest absolute Gasteiger partial charge is 0.313 e. The Hall–Kier alpha value is -0.340. The van der Waals surface area contributed by atoms with E-state index in [1.54, 1.807) is 10.4 Å². The summed E-state index contributed by atoms with van der Waals surface area (Å²) in [7, 11) is 0. The first kappa shape index (κ1) is 17.0. The molecule has 0 bridgehead atoms. The molecule has 0 saturated carbocycles. The Balaban J connectivity index is 1.90. The molecule has 1 N–H and O–H groups in total. The lowest BCUT2D eigenvalue weighted by molar-refractivity contribution is 0.363. The van der Waals surface area contributed by atoms with Crippen LogP contribution >= 0.6 is 11.3 Å². The molecule has 0 radical (unpaired) electrons. The lowest BCUT2D eigenvalue weighted by Crippen LogP contribution is -2.36. The highest BCUT2D eigenvalue weighted by Gasteiger charge is 2.27. The Labute approximate surface area is 135 Å². The van der Waals surface area contributed by atoms with Gasteiger partial charge >= 0.3 is 0 Å². The predicted octanol–water partition coefficient (Wildman–Crippen LogP) is 5.90. The fourth-order valence-corrected chi connectivity index (χ4v) is 4.68. The zero-order valence-electron chi connectivity index (χ0n) is 14.0. The maximum Gasteiger partial charge on any atom is 0.0136 e. The van der Waals surface area contributed by atoms with E-state index < -0.39 is 0 Å². The molecule has 2 rings (SSSR count). The van der Waals surface area contributed by atoms with Crippen molar-refractivity contribution in [3.8, 4) is 0 Å². The number of rotatable bonds is 10. The fraction of sp³-hybridized carbons (Fsp3) is 0.789. The van der Waals surface area contributed by atoms with E-state index in [1.807, 2.05) is 11.3 Å². The molecule has 0 spiro atoms. The minimum absolute atomic E-state index is 0.709. The second-order valence-electron chi connectivity index (χ2n) is 6.56. The van der Waals surface area contributed by atoms with Crippen LogP contribution in [-0.4, -0.2) is 12.6 Å². The summed E-state index contributed by atoms with van der Waals surface area (Å²) in [5, 5.41) is 6.17. The van der Waals surface area contributed by atoms with Gasteiger partial charge in [0.2, 0.25) is 0 Å². The van der Waals surface area contributed by atoms with E-state index in [0.717, 1.165) is 5.92 Å². The third kappa shape index (κ3) is 5.10. The lowest BCUT2D eigenvalue weighted by Gasteiger charge is -2.31. The van der Waals surface area contributed by atoms with Crippen LogP contribution in [0.5, 0.6) is 0 Å². The van der Waals surface area contributed by atoms with Crippen molar-refractivity contribution in [3.63, 3.8) is 0 Å². The van der Waals surface area contributed by atoms with E-state index in [0.29, 0.717) is 6.04 Å². The van der Waals surface area contributed by atoms with Gasteiger partial charge in [-0.1, -0.05) is 46.0 Å². The zero-order valence-corrected chi connectivity index (χ0v) is 14.8. The summed E-state index contributed by atoms with van der Waals surface area (Å²) >= 11 is 1.98. The van der Waals surface area contributed by atoms with Crippen LogP contribution in [0.1, 0.15) is 88.0 Å². The average molecular weight is 308 g/mol. The number of hydrogen-bond acceptors (Lipinski definition) is 2. The molecule has 2 unspecified atom stereocenters. The average Bonchev–Trinajstić information content (AvgIpc) is 2.98. The van der Waals surface area contributed by atoms with Gasteiger partial charge in [-0.15, -0.1) is 11.3 Å². The van der Waals surface area contributed by atoms with Gasteiger partial charge in [0.15, 0.2) is 0 Å². The summed E-state index contributed by atoms with van der Waals surface area (Å²) in [5.41, 5.74) is 1.67. The van der Waals surface area contributed by atoms with E-state index in [-0.39, 0.29) is 0 Å². The molecular weight excluding hydrogens is 274 g/mol. The van der Waals surface area contributed by atoms with Crippen molar-refractivity contribution < 1.29 is 0 Å². The number of thiophene rings is 1. The Kier molecular flexibility index (Phi) is 7.81. The maximum atomic E-state index is 3.87. The molecule has 21 heavy (non-hydrogen) atoms. The van der Waals surface area contributed by atoms with Crippen LogP contribution in [0.15, 0.2) is 11.4 Å². The second kappa shape index (κ2) is 9.63. The molecule has 1 nitrogen and oxygen atoms in total. The van der Waals surface area contributed by atoms with Crippen molar-refractivity contribution in [1.82, 2.24) is 5.32 Å². The molecule has 0 aliphatic heterocycles. The number of nitrogens with one attached hydrogen (secondary N) is 1. The molecule has 0 saturated heterocycles. The number of unbranched alkanes of at least 4 members (excludes halogenated alkanes) is 4. The topological polar surface area (TPSA) is 12.0 Å². The summed E-state index contributed by atoms with van der Waals surface area (Å²) in [6.45, 7) is 5.75. The molecule has 0 amide bonds. The molecule has 2 heteroatoms. The quantitative estimate of drug-likeness (QED) is 0.531. The van der Waals surface area contributed by atoms with Crippen molar-refractivity contribution in [2.24, 2.45) is 0 Å². The third-order valence-corrected chi connectivity index (χ3v) is 5.86. The van der Waals surface area contributed by atoms with Crippen molar-refractivity contribution in [2.75, 3.05) is 6.54 Å². The van der Waals surface area contributed by atoms with Crippen molar-refractivity contribution in [2.45, 2.75) is 90.0 Å². The molecule has 120 valence electrons. The Morgan fingerprint density at radius 2 is 2.05 bits per heavy atom. The molecule has 0 fully saturated rings. The number of aryl methyl sites for hydroxylation is 1. The molecular formula is C19H33NS. The molecule has 2 atom stereocenters. The second-order valence-corrected chi connectivity index (χ2v) is 7.56.